The number of H-pyrrole nitrogens is 1. The highest BCUT2D eigenvalue weighted by molar-refractivity contribution is 5.83. The first-order valence-electron chi connectivity index (χ1n) is 7.52. The fourth-order valence-electron chi connectivity index (χ4n) is 2.61. The van der Waals surface area contributed by atoms with Crippen molar-refractivity contribution in [1.82, 2.24) is 24.7 Å². The lowest BCUT2D eigenvalue weighted by molar-refractivity contribution is -0.140. The van der Waals surface area contributed by atoms with Gasteiger partial charge >= 0.3 is 6.18 Å². The topological polar surface area (TPSA) is 88.5 Å². The molecule has 3 aromatic heterocycles. The molecule has 4 rings (SSSR count). The van der Waals surface area contributed by atoms with E-state index >= 15 is 0 Å². The lowest BCUT2D eigenvalue weighted by Crippen LogP contribution is -2.28. The van der Waals surface area contributed by atoms with Crippen molar-refractivity contribution in [2.24, 2.45) is 0 Å². The van der Waals surface area contributed by atoms with Crippen LogP contribution in [0.1, 0.15) is 0 Å². The smallest absolute Gasteiger partial charge is 0.324 e. The van der Waals surface area contributed by atoms with E-state index < -0.39 is 18.3 Å². The van der Waals surface area contributed by atoms with Crippen LogP contribution in [0.4, 0.5) is 24.8 Å². The van der Waals surface area contributed by atoms with Crippen LogP contribution in [0.25, 0.3) is 21.9 Å². The molecule has 0 atom stereocenters. The minimum absolute atomic E-state index is 0.0851. The van der Waals surface area contributed by atoms with E-state index in [0.29, 0.717) is 15.6 Å². The zero-order valence-corrected chi connectivity index (χ0v) is 13.1. The Morgan fingerprint density at radius 2 is 1.96 bits per heavy atom. The molecule has 4 aromatic rings. The van der Waals surface area contributed by atoms with Crippen LogP contribution in [-0.2, 0) is 6.54 Å². The maximum Gasteiger partial charge on any atom is 0.406 e. The molecule has 0 saturated carbocycles. The van der Waals surface area contributed by atoms with Crippen LogP contribution >= 0.6 is 0 Å². The Morgan fingerprint density at radius 3 is 2.77 bits per heavy atom. The van der Waals surface area contributed by atoms with E-state index in [-0.39, 0.29) is 11.6 Å². The Morgan fingerprint density at radius 1 is 1.12 bits per heavy atom. The van der Waals surface area contributed by atoms with E-state index in [2.05, 4.69) is 25.5 Å². The summed E-state index contributed by atoms with van der Waals surface area (Å²) in [7, 11) is 0. The summed E-state index contributed by atoms with van der Waals surface area (Å²) in [6.45, 7) is -1.42. The molecule has 3 heterocycles. The van der Waals surface area contributed by atoms with Crippen LogP contribution in [0.3, 0.4) is 0 Å². The van der Waals surface area contributed by atoms with Crippen molar-refractivity contribution in [3.05, 3.63) is 53.1 Å². The number of alkyl halides is 3. The number of fused-ring (bicyclic) bond motifs is 2. The molecule has 0 aliphatic carbocycles. The standard InChI is InChI=1S/C16H11F3N6O/c17-16(18,19)8-25-13(26)4-1-9-6-20-15(23-14(9)25)22-11-2-3-12-10(5-11)7-21-24-12/h1-7H,8H2,(H,21,24)(H,20,22,23). The fourth-order valence-corrected chi connectivity index (χ4v) is 2.61. The average molecular weight is 360 g/mol. The molecule has 0 unspecified atom stereocenters. The molecule has 10 heteroatoms. The van der Waals surface area contributed by atoms with Crippen molar-refractivity contribution in [2.45, 2.75) is 12.7 Å². The summed E-state index contributed by atoms with van der Waals surface area (Å²) in [4.78, 5) is 20.1. The number of rotatable bonds is 3. The van der Waals surface area contributed by atoms with Crippen LogP contribution in [-0.4, -0.2) is 30.9 Å². The second-order valence-corrected chi connectivity index (χ2v) is 5.64. The maximum absolute atomic E-state index is 12.8. The number of halogens is 3. The van der Waals surface area contributed by atoms with Crippen molar-refractivity contribution in [2.75, 3.05) is 5.32 Å². The van der Waals surface area contributed by atoms with Crippen LogP contribution < -0.4 is 10.9 Å². The normalized spacial score (nSPS) is 12.0. The number of pyridine rings is 1. The largest absolute Gasteiger partial charge is 0.406 e. The van der Waals surface area contributed by atoms with Gasteiger partial charge in [0.1, 0.15) is 12.2 Å². The minimum atomic E-state index is -4.54. The molecular weight excluding hydrogens is 349 g/mol. The molecule has 0 radical (unpaired) electrons. The molecule has 132 valence electrons. The van der Waals surface area contributed by atoms with Gasteiger partial charge in [0, 0.05) is 28.7 Å². The van der Waals surface area contributed by atoms with E-state index in [1.165, 1.54) is 12.3 Å². The molecule has 0 spiro atoms. The minimum Gasteiger partial charge on any atom is -0.324 e. The Labute approximate surface area is 143 Å². The number of aromatic nitrogens is 5. The fraction of sp³-hybridized carbons (Fsp3) is 0.125. The summed E-state index contributed by atoms with van der Waals surface area (Å²) in [6.07, 6.45) is -1.53. The van der Waals surface area contributed by atoms with Gasteiger partial charge in [0.25, 0.3) is 5.56 Å². The van der Waals surface area contributed by atoms with E-state index in [0.717, 1.165) is 17.0 Å². The third-order valence-electron chi connectivity index (χ3n) is 3.76. The Hall–Kier alpha value is -3.43. The summed E-state index contributed by atoms with van der Waals surface area (Å²) in [5.74, 6) is 0.0851. The number of hydrogen-bond acceptors (Lipinski definition) is 5. The van der Waals surface area contributed by atoms with Gasteiger partial charge in [-0.25, -0.2) is 4.98 Å². The number of aromatic amines is 1. The van der Waals surface area contributed by atoms with Gasteiger partial charge in [-0.05, 0) is 24.3 Å². The maximum atomic E-state index is 12.8. The van der Waals surface area contributed by atoms with Crippen molar-refractivity contribution >= 4 is 33.6 Å². The molecule has 26 heavy (non-hydrogen) atoms. The summed E-state index contributed by atoms with van der Waals surface area (Å²) in [6, 6.07) is 7.80. The molecule has 0 saturated heterocycles. The van der Waals surface area contributed by atoms with Gasteiger partial charge in [0.05, 0.1) is 11.7 Å². The first-order chi connectivity index (χ1) is 12.4. The Kier molecular flexibility index (Phi) is 3.60. The van der Waals surface area contributed by atoms with E-state index in [9.17, 15) is 18.0 Å². The summed E-state index contributed by atoms with van der Waals surface area (Å²) < 4.78 is 38.9. The third kappa shape index (κ3) is 3.08. The molecule has 0 aliphatic rings. The van der Waals surface area contributed by atoms with Crippen molar-refractivity contribution < 1.29 is 13.2 Å². The number of hydrogen-bond donors (Lipinski definition) is 2. The quantitative estimate of drug-likeness (QED) is 0.586. The highest BCUT2D eigenvalue weighted by atomic mass is 19.4. The van der Waals surface area contributed by atoms with Crippen LogP contribution in [0, 0.1) is 0 Å². The predicted octanol–water partition coefficient (Wildman–Crippen LogP) is 2.97. The van der Waals surface area contributed by atoms with Gasteiger partial charge in [0.15, 0.2) is 0 Å². The van der Waals surface area contributed by atoms with Gasteiger partial charge in [-0.15, -0.1) is 0 Å². The second kappa shape index (κ2) is 5.83. The molecule has 2 N–H and O–H groups in total. The number of anilines is 2. The molecule has 7 nitrogen and oxygen atoms in total. The van der Waals surface area contributed by atoms with Gasteiger partial charge in [-0.3, -0.25) is 14.5 Å². The summed E-state index contributed by atoms with van der Waals surface area (Å²) >= 11 is 0. The zero-order valence-electron chi connectivity index (χ0n) is 13.1. The van der Waals surface area contributed by atoms with E-state index in [1.54, 1.807) is 24.4 Å². The Balaban J connectivity index is 1.76. The number of benzene rings is 1. The van der Waals surface area contributed by atoms with Gasteiger partial charge < -0.3 is 5.32 Å². The lowest BCUT2D eigenvalue weighted by atomic mass is 10.2. The third-order valence-corrected chi connectivity index (χ3v) is 3.76. The highest BCUT2D eigenvalue weighted by Gasteiger charge is 2.29. The van der Waals surface area contributed by atoms with Crippen LogP contribution in [0.5, 0.6) is 0 Å². The molecule has 0 fully saturated rings. The highest BCUT2D eigenvalue weighted by Crippen LogP contribution is 2.22. The van der Waals surface area contributed by atoms with E-state index in [1.807, 2.05) is 0 Å². The van der Waals surface area contributed by atoms with Crippen LogP contribution in [0.15, 0.2) is 47.5 Å². The number of nitrogens with zero attached hydrogens (tertiary/aromatic N) is 4. The zero-order chi connectivity index (χ0) is 18.3. The first-order valence-corrected chi connectivity index (χ1v) is 7.52. The Bertz CT molecular complexity index is 1160. The monoisotopic (exact) mass is 360 g/mol. The first kappa shape index (κ1) is 16.1. The van der Waals surface area contributed by atoms with Crippen molar-refractivity contribution in [3.8, 4) is 0 Å². The van der Waals surface area contributed by atoms with E-state index in [4.69, 9.17) is 0 Å². The molecular formula is C16H11F3N6O. The lowest BCUT2D eigenvalue weighted by Gasteiger charge is -2.12. The van der Waals surface area contributed by atoms with Crippen molar-refractivity contribution in [3.63, 3.8) is 0 Å². The molecule has 0 amide bonds. The van der Waals surface area contributed by atoms with Crippen LogP contribution in [0.2, 0.25) is 0 Å². The average Bonchev–Trinajstić information content (AvgIpc) is 3.04. The summed E-state index contributed by atoms with van der Waals surface area (Å²) in [5.41, 5.74) is 0.615. The van der Waals surface area contributed by atoms with Crippen molar-refractivity contribution in [1.29, 1.82) is 0 Å². The van der Waals surface area contributed by atoms with Gasteiger partial charge in [-0.2, -0.15) is 23.3 Å². The molecule has 1 aromatic carbocycles. The van der Waals surface area contributed by atoms with Gasteiger partial charge in [0.2, 0.25) is 5.95 Å². The molecule has 0 aliphatic heterocycles. The number of nitrogens with one attached hydrogen (secondary N) is 2. The predicted molar refractivity (Wildman–Crippen MR) is 89.2 cm³/mol. The molecule has 0 bridgehead atoms. The SMILES string of the molecule is O=c1ccc2cnc(Nc3ccc4[nH]ncc4c3)nc2n1CC(F)(F)F. The second-order valence-electron chi connectivity index (χ2n) is 5.64. The summed E-state index contributed by atoms with van der Waals surface area (Å²) in [5, 5.41) is 10.9. The van der Waals surface area contributed by atoms with Gasteiger partial charge in [-0.1, -0.05) is 0 Å².